The van der Waals surface area contributed by atoms with E-state index < -0.39 is 0 Å². The summed E-state index contributed by atoms with van der Waals surface area (Å²) in [5.74, 6) is 0. The maximum absolute atomic E-state index is 6.80. The smallest absolute Gasteiger partial charge is 0.169 e. The van der Waals surface area contributed by atoms with E-state index in [1.165, 1.54) is 0 Å². The standard InChI is InChI=1S/C4H7NO/c1-2-5-4-6-3-1/h4H,1-3H2/i4D. The molecule has 0 unspecified atom stereocenters. The molecule has 0 aromatic carbocycles. The Labute approximate surface area is 38.2 Å². The summed E-state index contributed by atoms with van der Waals surface area (Å²) < 4.78 is 11.5. The molecule has 0 aromatic rings. The molecule has 0 fully saturated rings. The van der Waals surface area contributed by atoms with Crippen molar-refractivity contribution >= 4 is 6.38 Å². The molecule has 1 aliphatic rings. The van der Waals surface area contributed by atoms with Gasteiger partial charge in [-0.1, -0.05) is 0 Å². The van der Waals surface area contributed by atoms with E-state index in [2.05, 4.69) is 4.99 Å². The fourth-order valence-electron chi connectivity index (χ4n) is 0.353. The van der Waals surface area contributed by atoms with Gasteiger partial charge in [0.25, 0.3) is 0 Å². The van der Waals surface area contributed by atoms with Gasteiger partial charge in [0.2, 0.25) is 0 Å². The lowest BCUT2D eigenvalue weighted by atomic mass is 10.4. The summed E-state index contributed by atoms with van der Waals surface area (Å²) >= 11 is 0. The first-order chi connectivity index (χ1) is 3.39. The van der Waals surface area contributed by atoms with Gasteiger partial charge in [0.05, 0.1) is 6.61 Å². The molecule has 0 saturated carbocycles. The van der Waals surface area contributed by atoms with Crippen molar-refractivity contribution in [1.29, 1.82) is 0 Å². The highest BCUT2D eigenvalue weighted by Gasteiger charge is 1.87. The molecule has 0 N–H and O–H groups in total. The molecule has 1 rings (SSSR count). The molecular weight excluding hydrogens is 78.0 g/mol. The van der Waals surface area contributed by atoms with Gasteiger partial charge in [-0.3, -0.25) is 4.99 Å². The van der Waals surface area contributed by atoms with Crippen LogP contribution in [0.4, 0.5) is 0 Å². The molecule has 0 spiro atoms. The van der Waals surface area contributed by atoms with Gasteiger partial charge in [0.15, 0.2) is 6.38 Å². The number of rotatable bonds is 0. The van der Waals surface area contributed by atoms with Crippen molar-refractivity contribution < 1.29 is 6.11 Å². The van der Waals surface area contributed by atoms with Gasteiger partial charge in [0.1, 0.15) is 1.37 Å². The molecule has 6 heavy (non-hydrogen) atoms. The highest BCUT2D eigenvalue weighted by atomic mass is 16.5. The molecule has 0 aliphatic carbocycles. The molecule has 0 atom stereocenters. The molecule has 2 heteroatoms. The van der Waals surface area contributed by atoms with E-state index in [0.717, 1.165) is 13.0 Å². The van der Waals surface area contributed by atoms with Crippen LogP contribution in [0.2, 0.25) is 0 Å². The second-order valence-electron chi connectivity index (χ2n) is 1.18. The number of hydrogen-bond donors (Lipinski definition) is 0. The van der Waals surface area contributed by atoms with Crippen LogP contribution in [-0.4, -0.2) is 19.5 Å². The topological polar surface area (TPSA) is 21.6 Å². The molecule has 0 bridgehead atoms. The third-order valence-corrected chi connectivity index (χ3v) is 0.645. The Kier molecular flexibility index (Phi) is 0.783. The first-order valence-corrected chi connectivity index (χ1v) is 2.03. The molecule has 0 amide bonds. The van der Waals surface area contributed by atoms with Crippen molar-refractivity contribution in [2.75, 3.05) is 13.2 Å². The highest BCUT2D eigenvalue weighted by molar-refractivity contribution is 5.46. The quantitative estimate of drug-likeness (QED) is 0.419. The van der Waals surface area contributed by atoms with Crippen molar-refractivity contribution in [3.05, 3.63) is 0 Å². The summed E-state index contributed by atoms with van der Waals surface area (Å²) in [6.07, 6.45) is 1.05. The Balaban J connectivity index is 2.40. The monoisotopic (exact) mass is 86.1 g/mol. The van der Waals surface area contributed by atoms with Gasteiger partial charge in [-0.2, -0.15) is 0 Å². The van der Waals surface area contributed by atoms with Crippen LogP contribution in [0.1, 0.15) is 7.79 Å². The average molecular weight is 86.1 g/mol. The van der Waals surface area contributed by atoms with Crippen molar-refractivity contribution in [2.45, 2.75) is 6.42 Å². The maximum Gasteiger partial charge on any atom is 0.169 e. The Bertz CT molecular complexity index is 91.7. The zero-order chi connectivity index (χ0) is 5.11. The zero-order valence-corrected chi connectivity index (χ0v) is 3.48. The van der Waals surface area contributed by atoms with E-state index in [4.69, 9.17) is 6.11 Å². The SMILES string of the molecule is [2H]C1=NCCCO1. The number of nitrogens with zero attached hydrogens (tertiary/aromatic N) is 1. The van der Waals surface area contributed by atoms with E-state index in [9.17, 15) is 0 Å². The minimum Gasteiger partial charge on any atom is -0.483 e. The second-order valence-corrected chi connectivity index (χ2v) is 1.18. The first kappa shape index (κ1) is 2.61. The van der Waals surface area contributed by atoms with Crippen LogP contribution in [0.5, 0.6) is 0 Å². The summed E-state index contributed by atoms with van der Waals surface area (Å²) in [5.41, 5.74) is 0. The van der Waals surface area contributed by atoms with Gasteiger partial charge in [-0.25, -0.2) is 0 Å². The van der Waals surface area contributed by atoms with E-state index in [0.29, 0.717) is 6.61 Å². The molecule has 1 aliphatic heterocycles. The van der Waals surface area contributed by atoms with E-state index in [1.807, 2.05) is 0 Å². The summed E-state index contributed by atoms with van der Waals surface area (Å²) in [5, 5.41) is 0. The minimum atomic E-state index is 0.0891. The lowest BCUT2D eigenvalue weighted by Gasteiger charge is -2.01. The Morgan fingerprint density at radius 3 is 3.33 bits per heavy atom. The van der Waals surface area contributed by atoms with Crippen LogP contribution in [0.25, 0.3) is 0 Å². The van der Waals surface area contributed by atoms with Crippen molar-refractivity contribution in [1.82, 2.24) is 0 Å². The maximum atomic E-state index is 6.80. The van der Waals surface area contributed by atoms with Gasteiger partial charge in [-0.05, 0) is 0 Å². The van der Waals surface area contributed by atoms with Crippen molar-refractivity contribution in [3.8, 4) is 0 Å². The lowest BCUT2D eigenvalue weighted by molar-refractivity contribution is 0.298. The van der Waals surface area contributed by atoms with Crippen LogP contribution < -0.4 is 0 Å². The van der Waals surface area contributed by atoms with E-state index in [1.54, 1.807) is 0 Å². The largest absolute Gasteiger partial charge is 0.483 e. The third kappa shape index (κ3) is 0.708. The molecule has 0 aromatic heterocycles. The molecule has 0 saturated heterocycles. The first-order valence-electron chi connectivity index (χ1n) is 2.53. The van der Waals surface area contributed by atoms with Crippen LogP contribution in [-0.2, 0) is 4.74 Å². The molecule has 2 nitrogen and oxygen atoms in total. The van der Waals surface area contributed by atoms with Gasteiger partial charge in [0, 0.05) is 13.0 Å². The van der Waals surface area contributed by atoms with Crippen LogP contribution in [0.3, 0.4) is 0 Å². The van der Waals surface area contributed by atoms with Gasteiger partial charge >= 0.3 is 0 Å². The number of ether oxygens (including phenoxy) is 1. The summed E-state index contributed by atoms with van der Waals surface area (Å²) in [4.78, 5) is 3.69. The zero-order valence-electron chi connectivity index (χ0n) is 4.48. The van der Waals surface area contributed by atoms with Crippen LogP contribution in [0, 0.1) is 0 Å². The van der Waals surface area contributed by atoms with Crippen molar-refractivity contribution in [3.63, 3.8) is 0 Å². The Morgan fingerprint density at radius 2 is 3.00 bits per heavy atom. The van der Waals surface area contributed by atoms with E-state index in [-0.39, 0.29) is 6.38 Å². The third-order valence-electron chi connectivity index (χ3n) is 0.645. The number of aliphatic imine (C=N–C) groups is 1. The Hall–Kier alpha value is -0.530. The fraction of sp³-hybridized carbons (Fsp3) is 0.750. The highest BCUT2D eigenvalue weighted by Crippen LogP contribution is 1.86. The second kappa shape index (κ2) is 1.80. The fourth-order valence-corrected chi connectivity index (χ4v) is 0.353. The van der Waals surface area contributed by atoms with E-state index >= 15 is 0 Å². The average Bonchev–Trinajstić information content (AvgIpc) is 1.69. The predicted octanol–water partition coefficient (Wildman–Crippen LogP) is 0.435. The minimum absolute atomic E-state index is 0.0891. The summed E-state index contributed by atoms with van der Waals surface area (Å²) in [7, 11) is 0. The van der Waals surface area contributed by atoms with Crippen molar-refractivity contribution in [2.24, 2.45) is 4.99 Å². The van der Waals surface area contributed by atoms with Crippen LogP contribution >= 0.6 is 0 Å². The summed E-state index contributed by atoms with van der Waals surface area (Å²) in [6, 6.07) is 0. The lowest BCUT2D eigenvalue weighted by Crippen LogP contribution is -2.00. The molecular formula is C4H7NO. The molecule has 0 radical (unpaired) electrons. The van der Waals surface area contributed by atoms with Gasteiger partial charge in [-0.15, -0.1) is 0 Å². The Morgan fingerprint density at radius 1 is 2.00 bits per heavy atom. The van der Waals surface area contributed by atoms with Crippen LogP contribution in [0.15, 0.2) is 4.99 Å². The summed E-state index contributed by atoms with van der Waals surface area (Å²) in [6.45, 7) is 1.43. The molecule has 34 valence electrons. The predicted molar refractivity (Wildman–Crippen MR) is 23.9 cm³/mol. The number of hydrogen-bond acceptors (Lipinski definition) is 2. The van der Waals surface area contributed by atoms with Gasteiger partial charge < -0.3 is 4.74 Å². The normalized spacial score (nSPS) is 24.0. The molecule has 1 heterocycles.